The molecule has 0 aliphatic carbocycles. The molecule has 1 aromatic heterocycles. The second-order valence-electron chi connectivity index (χ2n) is 7.53. The van der Waals surface area contributed by atoms with Crippen LogP contribution in [-0.4, -0.2) is 34.4 Å². The van der Waals surface area contributed by atoms with Crippen molar-refractivity contribution in [2.45, 2.75) is 31.5 Å². The number of halogens is 1. The third kappa shape index (κ3) is 4.12. The number of likely N-dealkylation sites (N-methyl/N-ethyl adjacent to an activating group) is 1. The van der Waals surface area contributed by atoms with Gasteiger partial charge in [0.1, 0.15) is 6.04 Å². The summed E-state index contributed by atoms with van der Waals surface area (Å²) < 4.78 is 2.02. The highest BCUT2D eigenvalue weighted by Crippen LogP contribution is 2.29. The predicted octanol–water partition coefficient (Wildman–Crippen LogP) is 3.82. The molecule has 1 aliphatic heterocycles. The van der Waals surface area contributed by atoms with Crippen LogP contribution < -0.4 is 5.32 Å². The highest BCUT2D eigenvalue weighted by atomic mass is 35.5. The van der Waals surface area contributed by atoms with E-state index in [-0.39, 0.29) is 24.3 Å². The molecular weight excluding hydrogens is 398 g/mol. The van der Waals surface area contributed by atoms with Crippen LogP contribution in [0, 0.1) is 0 Å². The van der Waals surface area contributed by atoms with Crippen molar-refractivity contribution in [3.05, 3.63) is 94.8 Å². The van der Waals surface area contributed by atoms with E-state index >= 15 is 0 Å². The molecule has 1 aliphatic rings. The zero-order valence-electron chi connectivity index (χ0n) is 16.8. The van der Waals surface area contributed by atoms with E-state index in [9.17, 15) is 9.59 Å². The van der Waals surface area contributed by atoms with Crippen LogP contribution in [0.1, 0.15) is 29.2 Å². The zero-order valence-corrected chi connectivity index (χ0v) is 17.5. The molecular formula is C24H24ClN3O2. The van der Waals surface area contributed by atoms with Crippen LogP contribution in [0.2, 0.25) is 5.02 Å². The fourth-order valence-corrected chi connectivity index (χ4v) is 4.23. The maximum atomic E-state index is 13.5. The van der Waals surface area contributed by atoms with Crippen LogP contribution >= 0.6 is 11.6 Å². The van der Waals surface area contributed by atoms with E-state index in [4.69, 9.17) is 11.6 Å². The van der Waals surface area contributed by atoms with Gasteiger partial charge >= 0.3 is 0 Å². The highest BCUT2D eigenvalue weighted by molar-refractivity contribution is 6.30. The standard InChI is InChI=1S/C24H24ClN3O2/c1-26-24(30)22-14-18-6-2-3-7-19(18)16-28(22)23(29)15-21(27-12-4-5-13-27)17-8-10-20(25)11-9-17/h2-13,21-22H,14-16H2,1H3,(H,26,30)/t21-,22+/m0/s1. The Hall–Kier alpha value is -3.05. The quantitative estimate of drug-likeness (QED) is 0.680. The maximum absolute atomic E-state index is 13.5. The van der Waals surface area contributed by atoms with E-state index < -0.39 is 6.04 Å². The van der Waals surface area contributed by atoms with Crippen LogP contribution in [0.25, 0.3) is 0 Å². The molecule has 0 radical (unpaired) electrons. The summed E-state index contributed by atoms with van der Waals surface area (Å²) >= 11 is 6.06. The first-order chi connectivity index (χ1) is 14.6. The van der Waals surface area contributed by atoms with Crippen molar-refractivity contribution >= 4 is 23.4 Å². The molecule has 0 fully saturated rings. The minimum absolute atomic E-state index is 0.0493. The molecule has 0 saturated heterocycles. The topological polar surface area (TPSA) is 54.3 Å². The number of nitrogens with zero attached hydrogens (tertiary/aromatic N) is 2. The lowest BCUT2D eigenvalue weighted by Crippen LogP contribution is -2.52. The molecule has 5 nitrogen and oxygen atoms in total. The summed E-state index contributed by atoms with van der Waals surface area (Å²) in [5, 5.41) is 3.37. The SMILES string of the molecule is CNC(=O)[C@H]1Cc2ccccc2CN1C(=O)C[C@@H](c1ccc(Cl)cc1)n1cccc1. The largest absolute Gasteiger partial charge is 0.357 e. The fraction of sp³-hybridized carbons (Fsp3) is 0.250. The number of amides is 2. The summed E-state index contributed by atoms with van der Waals surface area (Å²) in [6.45, 7) is 0.437. The van der Waals surface area contributed by atoms with Crippen molar-refractivity contribution < 1.29 is 9.59 Å². The van der Waals surface area contributed by atoms with Gasteiger partial charge in [-0.15, -0.1) is 0 Å². The first kappa shape index (κ1) is 20.2. The zero-order chi connectivity index (χ0) is 21.1. The molecule has 4 rings (SSSR count). The van der Waals surface area contributed by atoms with Crippen LogP contribution in [0.15, 0.2) is 73.1 Å². The fourth-order valence-electron chi connectivity index (χ4n) is 4.10. The number of fused-ring (bicyclic) bond motifs is 1. The molecule has 2 aromatic carbocycles. The Bertz CT molecular complexity index is 1030. The van der Waals surface area contributed by atoms with Gasteiger partial charge in [0.15, 0.2) is 0 Å². The normalized spacial score (nSPS) is 16.6. The van der Waals surface area contributed by atoms with Gasteiger partial charge in [-0.2, -0.15) is 0 Å². The molecule has 2 atom stereocenters. The molecule has 0 saturated carbocycles. The average Bonchev–Trinajstić information content (AvgIpc) is 3.31. The smallest absolute Gasteiger partial charge is 0.242 e. The molecule has 2 amide bonds. The Morgan fingerprint density at radius 1 is 1.03 bits per heavy atom. The minimum Gasteiger partial charge on any atom is -0.357 e. The first-order valence-electron chi connectivity index (χ1n) is 10.0. The van der Waals surface area contributed by atoms with E-state index in [1.165, 1.54) is 0 Å². The molecule has 1 N–H and O–H groups in total. The van der Waals surface area contributed by atoms with Crippen LogP contribution in [0.3, 0.4) is 0 Å². The average molecular weight is 422 g/mol. The molecule has 0 bridgehead atoms. The number of hydrogen-bond donors (Lipinski definition) is 1. The number of benzene rings is 2. The molecule has 0 spiro atoms. The van der Waals surface area contributed by atoms with Crippen molar-refractivity contribution in [3.8, 4) is 0 Å². The van der Waals surface area contributed by atoms with Gasteiger partial charge in [-0.3, -0.25) is 9.59 Å². The van der Waals surface area contributed by atoms with Crippen LogP contribution in [0.4, 0.5) is 0 Å². The van der Waals surface area contributed by atoms with Gasteiger partial charge in [0.25, 0.3) is 0 Å². The maximum Gasteiger partial charge on any atom is 0.242 e. The molecule has 0 unspecified atom stereocenters. The molecule has 30 heavy (non-hydrogen) atoms. The summed E-state index contributed by atoms with van der Waals surface area (Å²) in [5.41, 5.74) is 3.21. The van der Waals surface area contributed by atoms with Crippen molar-refractivity contribution in [2.24, 2.45) is 0 Å². The second-order valence-corrected chi connectivity index (χ2v) is 7.96. The third-order valence-electron chi connectivity index (χ3n) is 5.73. The minimum atomic E-state index is -0.507. The number of carbonyl (C=O) groups excluding carboxylic acids is 2. The van der Waals surface area contributed by atoms with Crippen molar-refractivity contribution in [2.75, 3.05) is 7.05 Å². The van der Waals surface area contributed by atoms with Gasteiger partial charge in [-0.05, 0) is 41.0 Å². The Morgan fingerprint density at radius 2 is 1.70 bits per heavy atom. The van der Waals surface area contributed by atoms with Gasteiger partial charge in [-0.1, -0.05) is 48.0 Å². The van der Waals surface area contributed by atoms with E-state index in [0.717, 1.165) is 16.7 Å². The lowest BCUT2D eigenvalue weighted by Gasteiger charge is -2.36. The summed E-state index contributed by atoms with van der Waals surface area (Å²) in [6.07, 6.45) is 4.69. The molecule has 3 aromatic rings. The van der Waals surface area contributed by atoms with E-state index in [0.29, 0.717) is 18.0 Å². The summed E-state index contributed by atoms with van der Waals surface area (Å²) in [5.74, 6) is -0.186. The molecule has 2 heterocycles. The Balaban J connectivity index is 1.63. The van der Waals surface area contributed by atoms with Gasteiger partial charge in [-0.25, -0.2) is 0 Å². The molecule has 154 valence electrons. The van der Waals surface area contributed by atoms with E-state index in [1.54, 1.807) is 11.9 Å². The van der Waals surface area contributed by atoms with Crippen molar-refractivity contribution in [1.82, 2.24) is 14.8 Å². The Labute approximate surface area is 181 Å². The number of rotatable bonds is 5. The lowest BCUT2D eigenvalue weighted by atomic mass is 9.92. The van der Waals surface area contributed by atoms with E-state index in [2.05, 4.69) is 5.32 Å². The van der Waals surface area contributed by atoms with Crippen LogP contribution in [0.5, 0.6) is 0 Å². The van der Waals surface area contributed by atoms with Gasteiger partial charge in [0, 0.05) is 37.4 Å². The third-order valence-corrected chi connectivity index (χ3v) is 5.98. The number of nitrogens with one attached hydrogen (secondary N) is 1. The summed E-state index contributed by atoms with van der Waals surface area (Å²) in [7, 11) is 1.61. The van der Waals surface area contributed by atoms with Gasteiger partial charge in [0.05, 0.1) is 12.5 Å². The van der Waals surface area contributed by atoms with Crippen molar-refractivity contribution in [1.29, 1.82) is 0 Å². The second kappa shape index (κ2) is 8.76. The number of aromatic nitrogens is 1. The summed E-state index contributed by atoms with van der Waals surface area (Å²) in [4.78, 5) is 27.8. The van der Waals surface area contributed by atoms with Crippen LogP contribution in [-0.2, 0) is 22.6 Å². The predicted molar refractivity (Wildman–Crippen MR) is 117 cm³/mol. The van der Waals surface area contributed by atoms with Gasteiger partial charge in [0.2, 0.25) is 11.8 Å². The number of carbonyl (C=O) groups is 2. The summed E-state index contributed by atoms with van der Waals surface area (Å²) in [6, 6.07) is 18.8. The Morgan fingerprint density at radius 3 is 2.37 bits per heavy atom. The monoisotopic (exact) mass is 421 g/mol. The number of hydrogen-bond acceptors (Lipinski definition) is 2. The first-order valence-corrected chi connectivity index (χ1v) is 10.4. The highest BCUT2D eigenvalue weighted by Gasteiger charge is 2.35. The Kier molecular flexibility index (Phi) is 5.91. The van der Waals surface area contributed by atoms with Crippen molar-refractivity contribution in [3.63, 3.8) is 0 Å². The van der Waals surface area contributed by atoms with Gasteiger partial charge < -0.3 is 14.8 Å². The lowest BCUT2D eigenvalue weighted by molar-refractivity contribution is -0.142. The van der Waals surface area contributed by atoms with E-state index in [1.807, 2.05) is 77.6 Å². The molecule has 6 heteroatoms.